The van der Waals surface area contributed by atoms with E-state index in [0.717, 1.165) is 42.8 Å². The van der Waals surface area contributed by atoms with Gasteiger partial charge in [-0.15, -0.1) is 0 Å². The minimum absolute atomic E-state index is 0.424. The Hall–Kier alpha value is -6.00. The first-order chi connectivity index (χ1) is 27.1. The molecule has 5 aliphatic rings. The lowest BCUT2D eigenvalue weighted by atomic mass is 9.83. The third-order valence-corrected chi connectivity index (χ3v) is 12.8. The largest absolute Gasteiger partial charge is 0.500 e. The van der Waals surface area contributed by atoms with E-state index in [4.69, 9.17) is 9.47 Å². The van der Waals surface area contributed by atoms with Crippen LogP contribution in [0.3, 0.4) is 0 Å². The van der Waals surface area contributed by atoms with Gasteiger partial charge >= 0.3 is 0 Å². The van der Waals surface area contributed by atoms with Gasteiger partial charge < -0.3 is 19.3 Å². The molecule has 0 radical (unpaired) electrons. The summed E-state index contributed by atoms with van der Waals surface area (Å²) in [6, 6.07) is 40.3. The molecule has 1 aliphatic heterocycles. The Balaban J connectivity index is 1.17. The number of methoxy groups -OCH3 is 2. The SMILES string of the molecule is COC1=C(c2c(N3CN(c4ccc5ccccc5c4-c4c(OC)ccc5ccccc45)C4=C3CC(C)C=C4)ccc3c2=CCCC=3)c2ccccc2C2CC12. The standard InChI is InChI=1S/C51H44N2O2/c1-31-20-24-42-45(28-31)53(44-26-22-33-13-5-8-16-36(33)48(44)50-39-19-11-10-18-38(39)40-29-41(40)51(50)55-3)30-52(42)43-25-21-32-12-4-7-15-35(32)47(43)49-37-17-9-6-14-34(37)23-27-46(49)54-2/h4,6-7,9-27,31,40-41H,5,8,28-30H2,1-3H3. The molecule has 1 fully saturated rings. The molecule has 55 heavy (non-hydrogen) atoms. The summed E-state index contributed by atoms with van der Waals surface area (Å²) in [7, 11) is 3.68. The van der Waals surface area contributed by atoms with Crippen molar-refractivity contribution in [2.45, 2.75) is 38.5 Å². The molecule has 0 spiro atoms. The first kappa shape index (κ1) is 32.4. The molecule has 4 heteroatoms. The van der Waals surface area contributed by atoms with Crippen molar-refractivity contribution in [2.24, 2.45) is 11.8 Å². The van der Waals surface area contributed by atoms with Crippen LogP contribution < -0.4 is 25.0 Å². The monoisotopic (exact) mass is 716 g/mol. The lowest BCUT2D eigenvalue weighted by Crippen LogP contribution is -2.36. The molecule has 0 aromatic heterocycles. The van der Waals surface area contributed by atoms with E-state index in [2.05, 4.69) is 150 Å². The molecule has 1 saturated carbocycles. The molecule has 3 atom stereocenters. The second-order valence-electron chi connectivity index (χ2n) is 15.8. The molecule has 4 aliphatic carbocycles. The van der Waals surface area contributed by atoms with E-state index in [1.165, 1.54) is 82.6 Å². The van der Waals surface area contributed by atoms with Gasteiger partial charge in [0.2, 0.25) is 0 Å². The second-order valence-corrected chi connectivity index (χ2v) is 15.8. The highest BCUT2D eigenvalue weighted by molar-refractivity contribution is 6.12. The Labute approximate surface area is 322 Å². The molecule has 0 N–H and O–H groups in total. The number of ether oxygens (including phenoxy) is 2. The van der Waals surface area contributed by atoms with Gasteiger partial charge in [0.15, 0.2) is 0 Å². The van der Waals surface area contributed by atoms with Gasteiger partial charge in [-0.1, -0.05) is 116 Å². The highest BCUT2D eigenvalue weighted by Crippen LogP contribution is 2.60. The molecule has 4 nitrogen and oxygen atoms in total. The molecular formula is C51H44N2O2. The number of fused-ring (bicyclic) bond motifs is 6. The van der Waals surface area contributed by atoms with Gasteiger partial charge in [0, 0.05) is 33.9 Å². The average Bonchev–Trinajstić information content (AvgIpc) is 3.96. The van der Waals surface area contributed by atoms with Crippen LogP contribution in [0.25, 0.3) is 50.4 Å². The molecular weight excluding hydrogens is 673 g/mol. The van der Waals surface area contributed by atoms with Crippen LogP contribution in [0.5, 0.6) is 5.75 Å². The van der Waals surface area contributed by atoms with Crippen LogP contribution in [-0.4, -0.2) is 20.9 Å². The average molecular weight is 717 g/mol. The third kappa shape index (κ3) is 4.90. The zero-order valence-corrected chi connectivity index (χ0v) is 31.7. The van der Waals surface area contributed by atoms with Crippen LogP contribution >= 0.6 is 0 Å². The summed E-state index contributed by atoms with van der Waals surface area (Å²) < 4.78 is 12.7. The van der Waals surface area contributed by atoms with Gasteiger partial charge in [-0.25, -0.2) is 0 Å². The molecule has 1 heterocycles. The zero-order chi connectivity index (χ0) is 36.8. The molecule has 0 amide bonds. The van der Waals surface area contributed by atoms with Crippen molar-refractivity contribution >= 4 is 50.6 Å². The van der Waals surface area contributed by atoms with Crippen LogP contribution in [0, 0.1) is 11.8 Å². The van der Waals surface area contributed by atoms with Crippen molar-refractivity contribution in [3.8, 4) is 16.9 Å². The van der Waals surface area contributed by atoms with Crippen molar-refractivity contribution in [3.05, 3.63) is 166 Å². The first-order valence-electron chi connectivity index (χ1n) is 19.9. The van der Waals surface area contributed by atoms with Crippen LogP contribution in [0.4, 0.5) is 11.4 Å². The van der Waals surface area contributed by atoms with E-state index in [1.807, 2.05) is 7.11 Å². The highest BCUT2D eigenvalue weighted by Gasteiger charge is 2.49. The van der Waals surface area contributed by atoms with Crippen molar-refractivity contribution in [1.82, 2.24) is 0 Å². The first-order valence-corrected chi connectivity index (χ1v) is 19.9. The maximum atomic E-state index is 6.45. The second kappa shape index (κ2) is 12.5. The van der Waals surface area contributed by atoms with Crippen LogP contribution in [0.2, 0.25) is 0 Å². The molecule has 6 aromatic carbocycles. The molecule has 0 saturated heterocycles. The summed E-state index contributed by atoms with van der Waals surface area (Å²) in [5.41, 5.74) is 12.8. The summed E-state index contributed by atoms with van der Waals surface area (Å²) in [5, 5.41) is 7.49. The van der Waals surface area contributed by atoms with E-state index < -0.39 is 0 Å². The topological polar surface area (TPSA) is 24.9 Å². The Morgan fingerprint density at radius 1 is 0.636 bits per heavy atom. The van der Waals surface area contributed by atoms with Gasteiger partial charge in [0.1, 0.15) is 11.5 Å². The predicted octanol–water partition coefficient (Wildman–Crippen LogP) is 10.6. The maximum absolute atomic E-state index is 6.45. The molecule has 0 bridgehead atoms. The van der Waals surface area contributed by atoms with Gasteiger partial charge in [0.25, 0.3) is 0 Å². The summed E-state index contributed by atoms with van der Waals surface area (Å²) in [6.07, 6.45) is 13.9. The molecule has 3 unspecified atom stereocenters. The van der Waals surface area contributed by atoms with E-state index in [0.29, 0.717) is 24.4 Å². The molecule has 11 rings (SSSR count). The van der Waals surface area contributed by atoms with Crippen molar-refractivity contribution < 1.29 is 9.47 Å². The fourth-order valence-electron chi connectivity index (χ4n) is 10.2. The Morgan fingerprint density at radius 3 is 2.16 bits per heavy atom. The number of anilines is 2. The Morgan fingerprint density at radius 2 is 1.35 bits per heavy atom. The van der Waals surface area contributed by atoms with Crippen molar-refractivity contribution in [2.75, 3.05) is 30.7 Å². The molecule has 6 aromatic rings. The van der Waals surface area contributed by atoms with Gasteiger partial charge in [-0.2, -0.15) is 0 Å². The number of benzene rings is 6. The summed E-state index contributed by atoms with van der Waals surface area (Å²) >= 11 is 0. The summed E-state index contributed by atoms with van der Waals surface area (Å²) in [4.78, 5) is 5.20. The Kier molecular flexibility index (Phi) is 7.39. The van der Waals surface area contributed by atoms with Crippen LogP contribution in [0.15, 0.2) is 138 Å². The normalized spacial score (nSPS) is 20.8. The predicted molar refractivity (Wildman–Crippen MR) is 227 cm³/mol. The van der Waals surface area contributed by atoms with Crippen LogP contribution in [0.1, 0.15) is 55.2 Å². The minimum Gasteiger partial charge on any atom is -0.500 e. The Bertz CT molecular complexity index is 2820. The quantitative estimate of drug-likeness (QED) is 0.171. The fraction of sp³-hybridized carbons (Fsp3) is 0.216. The lowest BCUT2D eigenvalue weighted by molar-refractivity contribution is 0.270. The maximum Gasteiger partial charge on any atom is 0.127 e. The number of hydrogen-bond acceptors (Lipinski definition) is 4. The van der Waals surface area contributed by atoms with Gasteiger partial charge in [0.05, 0.1) is 38.0 Å². The fourth-order valence-corrected chi connectivity index (χ4v) is 10.2. The van der Waals surface area contributed by atoms with E-state index in [1.54, 1.807) is 7.11 Å². The zero-order valence-electron chi connectivity index (χ0n) is 31.7. The number of nitrogens with zero attached hydrogens (tertiary/aromatic N) is 2. The van der Waals surface area contributed by atoms with Crippen molar-refractivity contribution in [3.63, 3.8) is 0 Å². The third-order valence-electron chi connectivity index (χ3n) is 12.8. The van der Waals surface area contributed by atoms with Gasteiger partial charge in [-0.3, -0.25) is 0 Å². The smallest absolute Gasteiger partial charge is 0.127 e. The molecule has 270 valence electrons. The number of rotatable bonds is 6. The number of allylic oxidation sites excluding steroid dienone is 4. The van der Waals surface area contributed by atoms with Crippen molar-refractivity contribution in [1.29, 1.82) is 0 Å². The number of hydrogen-bond donors (Lipinski definition) is 0. The van der Waals surface area contributed by atoms with E-state index in [-0.39, 0.29) is 0 Å². The van der Waals surface area contributed by atoms with E-state index >= 15 is 0 Å². The van der Waals surface area contributed by atoms with Gasteiger partial charge in [-0.05, 0) is 105 Å². The summed E-state index contributed by atoms with van der Waals surface area (Å²) in [5.74, 6) is 3.44. The minimum atomic E-state index is 0.424. The van der Waals surface area contributed by atoms with Crippen LogP contribution in [-0.2, 0) is 4.74 Å². The lowest BCUT2D eigenvalue weighted by Gasteiger charge is -2.31. The van der Waals surface area contributed by atoms with E-state index in [9.17, 15) is 0 Å². The summed E-state index contributed by atoms with van der Waals surface area (Å²) in [6.45, 7) is 3.04. The highest BCUT2D eigenvalue weighted by atomic mass is 16.5.